The van der Waals surface area contributed by atoms with Crippen molar-refractivity contribution < 1.29 is 5.11 Å². The van der Waals surface area contributed by atoms with Gasteiger partial charge >= 0.3 is 0 Å². The Hall–Kier alpha value is -0.630. The second kappa shape index (κ2) is 3.40. The predicted octanol–water partition coefficient (Wildman–Crippen LogP) is 2.13. The maximum atomic E-state index is 9.79. The minimum Gasteiger partial charge on any atom is -0.386 e. The Balaban J connectivity index is 2.49. The number of aliphatic hydroxyl groups is 1. The van der Waals surface area contributed by atoms with E-state index in [-0.39, 0.29) is 0 Å². The Morgan fingerprint density at radius 3 is 2.42 bits per heavy atom. The zero-order valence-electron chi connectivity index (χ0n) is 7.64. The molecule has 1 aliphatic rings. The summed E-state index contributed by atoms with van der Waals surface area (Å²) in [5.74, 6) is 0.394. The van der Waals surface area contributed by atoms with Gasteiger partial charge < -0.3 is 10.5 Å². The Morgan fingerprint density at radius 1 is 1.58 bits per heavy atom. The van der Waals surface area contributed by atoms with Gasteiger partial charge in [0.15, 0.2) is 0 Å². The van der Waals surface area contributed by atoms with Gasteiger partial charge in [0, 0.05) is 5.71 Å². The molecule has 0 radical (unpaired) electrons. The average Bonchev–Trinajstić information content (AvgIpc) is 2.05. The lowest BCUT2D eigenvalue weighted by atomic mass is 9.77. The number of nitrogens with one attached hydrogen (secondary N) is 1. The number of hydrogen-bond donors (Lipinski definition) is 2. The molecule has 0 atom stereocenters. The van der Waals surface area contributed by atoms with Crippen molar-refractivity contribution in [2.24, 2.45) is 5.92 Å². The summed E-state index contributed by atoms with van der Waals surface area (Å²) in [7, 11) is 0. The summed E-state index contributed by atoms with van der Waals surface area (Å²) in [5, 5.41) is 17.3. The highest BCUT2D eigenvalue weighted by atomic mass is 16.3. The van der Waals surface area contributed by atoms with Crippen LogP contribution in [0.5, 0.6) is 0 Å². The molecule has 0 unspecified atom stereocenters. The molecule has 2 N–H and O–H groups in total. The van der Waals surface area contributed by atoms with Crippen molar-refractivity contribution in [1.82, 2.24) is 0 Å². The summed E-state index contributed by atoms with van der Waals surface area (Å²) >= 11 is 0. The van der Waals surface area contributed by atoms with Gasteiger partial charge in [-0.1, -0.05) is 6.08 Å². The van der Waals surface area contributed by atoms with E-state index in [9.17, 15) is 5.11 Å². The largest absolute Gasteiger partial charge is 0.386 e. The lowest BCUT2D eigenvalue weighted by Gasteiger charge is -2.33. The predicted molar refractivity (Wildman–Crippen MR) is 50.5 cm³/mol. The molecule has 1 fully saturated rings. The van der Waals surface area contributed by atoms with E-state index in [2.05, 4.69) is 6.58 Å². The highest BCUT2D eigenvalue weighted by Gasteiger charge is 2.30. The van der Waals surface area contributed by atoms with Gasteiger partial charge in [0.25, 0.3) is 0 Å². The van der Waals surface area contributed by atoms with Gasteiger partial charge in [-0.05, 0) is 38.5 Å². The molecule has 0 aromatic heterocycles. The summed E-state index contributed by atoms with van der Waals surface area (Å²) < 4.78 is 0. The molecule has 12 heavy (non-hydrogen) atoms. The van der Waals surface area contributed by atoms with Crippen LogP contribution in [0.3, 0.4) is 0 Å². The van der Waals surface area contributed by atoms with Crippen molar-refractivity contribution in [1.29, 1.82) is 5.41 Å². The number of rotatable bonds is 2. The van der Waals surface area contributed by atoms with E-state index < -0.39 is 5.60 Å². The van der Waals surface area contributed by atoms with E-state index in [0.717, 1.165) is 31.4 Å². The fraction of sp³-hybridized carbons (Fsp3) is 0.700. The summed E-state index contributed by atoms with van der Waals surface area (Å²) in [6.07, 6.45) is 5.02. The van der Waals surface area contributed by atoms with Crippen LogP contribution in [0.4, 0.5) is 0 Å². The first-order valence-corrected chi connectivity index (χ1v) is 4.48. The smallest absolute Gasteiger partial charge is 0.0825 e. The van der Waals surface area contributed by atoms with Crippen molar-refractivity contribution in [2.45, 2.75) is 38.2 Å². The second-order valence-electron chi connectivity index (χ2n) is 3.76. The van der Waals surface area contributed by atoms with Crippen LogP contribution in [-0.2, 0) is 0 Å². The second-order valence-corrected chi connectivity index (χ2v) is 3.76. The van der Waals surface area contributed by atoms with Gasteiger partial charge in [-0.3, -0.25) is 0 Å². The third kappa shape index (κ3) is 1.95. The van der Waals surface area contributed by atoms with E-state index >= 15 is 0 Å². The molecule has 68 valence electrons. The topological polar surface area (TPSA) is 44.1 Å². The van der Waals surface area contributed by atoms with Crippen molar-refractivity contribution in [3.63, 3.8) is 0 Å². The molecule has 2 nitrogen and oxygen atoms in total. The third-order valence-corrected chi connectivity index (χ3v) is 2.84. The molecule has 0 saturated heterocycles. The molecule has 0 aromatic rings. The Kier molecular flexibility index (Phi) is 2.68. The standard InChI is InChI=1S/C10H17NO/c1-3-10(12)6-4-9(5-7-10)8(2)11/h3,9,11-12H,1,4-7H2,2H3. The van der Waals surface area contributed by atoms with Gasteiger partial charge in [-0.15, -0.1) is 6.58 Å². The molecular formula is C10H17NO. The van der Waals surface area contributed by atoms with Crippen molar-refractivity contribution in [2.75, 3.05) is 0 Å². The Labute approximate surface area is 73.8 Å². The van der Waals surface area contributed by atoms with E-state index in [0.29, 0.717) is 5.92 Å². The van der Waals surface area contributed by atoms with Crippen LogP contribution in [0.15, 0.2) is 12.7 Å². The van der Waals surface area contributed by atoms with Crippen LogP contribution >= 0.6 is 0 Å². The first-order chi connectivity index (χ1) is 5.57. The highest BCUT2D eigenvalue weighted by Crippen LogP contribution is 2.33. The molecule has 1 saturated carbocycles. The van der Waals surface area contributed by atoms with Crippen LogP contribution in [0.2, 0.25) is 0 Å². The monoisotopic (exact) mass is 167 g/mol. The molecule has 0 bridgehead atoms. The Morgan fingerprint density at radius 2 is 2.08 bits per heavy atom. The fourth-order valence-corrected chi connectivity index (χ4v) is 1.75. The summed E-state index contributed by atoms with van der Waals surface area (Å²) in [4.78, 5) is 0. The van der Waals surface area contributed by atoms with Crippen LogP contribution < -0.4 is 0 Å². The van der Waals surface area contributed by atoms with E-state index in [1.165, 1.54) is 0 Å². The van der Waals surface area contributed by atoms with E-state index in [4.69, 9.17) is 5.41 Å². The zero-order valence-corrected chi connectivity index (χ0v) is 7.64. The summed E-state index contributed by atoms with van der Waals surface area (Å²) in [6, 6.07) is 0. The van der Waals surface area contributed by atoms with Gasteiger partial charge in [-0.2, -0.15) is 0 Å². The molecule has 0 aromatic carbocycles. The third-order valence-electron chi connectivity index (χ3n) is 2.84. The van der Waals surface area contributed by atoms with E-state index in [1.807, 2.05) is 6.92 Å². The molecular weight excluding hydrogens is 150 g/mol. The number of hydrogen-bond acceptors (Lipinski definition) is 2. The van der Waals surface area contributed by atoms with Gasteiger partial charge in [0.05, 0.1) is 5.60 Å². The van der Waals surface area contributed by atoms with Crippen molar-refractivity contribution in [3.8, 4) is 0 Å². The molecule has 0 amide bonds. The van der Waals surface area contributed by atoms with Gasteiger partial charge in [-0.25, -0.2) is 0 Å². The molecule has 2 heteroatoms. The fourth-order valence-electron chi connectivity index (χ4n) is 1.75. The first kappa shape index (κ1) is 9.46. The molecule has 0 heterocycles. The van der Waals surface area contributed by atoms with E-state index in [1.54, 1.807) is 6.08 Å². The maximum Gasteiger partial charge on any atom is 0.0825 e. The minimum atomic E-state index is -0.647. The maximum absolute atomic E-state index is 9.79. The molecule has 1 rings (SSSR count). The van der Waals surface area contributed by atoms with Crippen LogP contribution in [0.1, 0.15) is 32.6 Å². The normalized spacial score (nSPS) is 36.0. The lowest BCUT2D eigenvalue weighted by Crippen LogP contribution is -2.33. The first-order valence-electron chi connectivity index (χ1n) is 4.48. The molecule has 1 aliphatic carbocycles. The minimum absolute atomic E-state index is 0.394. The average molecular weight is 167 g/mol. The van der Waals surface area contributed by atoms with Crippen molar-refractivity contribution in [3.05, 3.63) is 12.7 Å². The van der Waals surface area contributed by atoms with Crippen LogP contribution in [0.25, 0.3) is 0 Å². The molecule has 0 aliphatic heterocycles. The Bertz CT molecular complexity index is 190. The summed E-state index contributed by atoms with van der Waals surface area (Å²) in [5.41, 5.74) is 0.104. The quantitative estimate of drug-likeness (QED) is 0.480. The van der Waals surface area contributed by atoms with Gasteiger partial charge in [0.2, 0.25) is 0 Å². The lowest BCUT2D eigenvalue weighted by molar-refractivity contribution is 0.0442. The molecule has 0 spiro atoms. The van der Waals surface area contributed by atoms with Crippen LogP contribution in [-0.4, -0.2) is 16.4 Å². The SMILES string of the molecule is C=CC1(O)CCC(C(C)=N)CC1. The van der Waals surface area contributed by atoms with Crippen LogP contribution in [0, 0.1) is 11.3 Å². The van der Waals surface area contributed by atoms with Gasteiger partial charge in [0.1, 0.15) is 0 Å². The zero-order chi connectivity index (χ0) is 9.19. The summed E-state index contributed by atoms with van der Waals surface area (Å²) in [6.45, 7) is 5.47. The van der Waals surface area contributed by atoms with Crippen molar-refractivity contribution >= 4 is 5.71 Å². The highest BCUT2D eigenvalue weighted by molar-refractivity contribution is 5.81.